The molecule has 0 saturated heterocycles. The monoisotopic (exact) mass is 188 g/mol. The lowest BCUT2D eigenvalue weighted by Gasteiger charge is -2.12. The van der Waals surface area contributed by atoms with Gasteiger partial charge >= 0.3 is 18.3 Å². The van der Waals surface area contributed by atoms with Crippen LogP contribution in [0.5, 0.6) is 0 Å². The fourth-order valence-electron chi connectivity index (χ4n) is 0.380. The zero-order valence-electron chi connectivity index (χ0n) is 6.32. The summed E-state index contributed by atoms with van der Waals surface area (Å²) in [6, 6.07) is 0. The first-order chi connectivity index (χ1) is 5.42. The molecule has 0 unspecified atom stereocenters. The summed E-state index contributed by atoms with van der Waals surface area (Å²) < 4.78 is 50.8. The van der Waals surface area contributed by atoms with Crippen molar-refractivity contribution in [1.29, 1.82) is 0 Å². The van der Waals surface area contributed by atoms with E-state index in [-0.39, 0.29) is 6.61 Å². The van der Waals surface area contributed by atoms with Crippen molar-refractivity contribution < 1.29 is 27.1 Å². The van der Waals surface area contributed by atoms with E-state index in [1.807, 2.05) is 0 Å². The van der Waals surface area contributed by atoms with Crippen LogP contribution in [0.15, 0.2) is 0 Å². The van der Waals surface area contributed by atoms with Crippen molar-refractivity contribution in [1.82, 2.24) is 0 Å². The molecule has 0 fully saturated rings. The average molecular weight is 188 g/mol. The predicted octanol–water partition coefficient (Wildman–Crippen LogP) is 1.84. The van der Waals surface area contributed by atoms with Gasteiger partial charge in [0, 0.05) is 0 Å². The molecule has 6 heteroatoms. The van der Waals surface area contributed by atoms with E-state index >= 15 is 0 Å². The summed E-state index contributed by atoms with van der Waals surface area (Å²) in [6.45, 7) is 1.29. The smallest absolute Gasteiger partial charge is 0.401 e. The molecule has 0 aromatic rings. The van der Waals surface area contributed by atoms with Crippen LogP contribution < -0.4 is 0 Å². The first-order valence-corrected chi connectivity index (χ1v) is 3.26. The third-order valence-electron chi connectivity index (χ3n) is 0.984. The van der Waals surface area contributed by atoms with Crippen molar-refractivity contribution in [3.05, 3.63) is 0 Å². The Labute approximate surface area is 66.5 Å². The minimum Gasteiger partial charge on any atom is -0.461 e. The van der Waals surface area contributed by atoms with Gasteiger partial charge in [-0.3, -0.25) is 0 Å². The van der Waals surface area contributed by atoms with Crippen LogP contribution in [-0.4, -0.2) is 24.9 Å². The quantitative estimate of drug-likeness (QED) is 0.497. The van der Waals surface area contributed by atoms with Crippen LogP contribution in [0.25, 0.3) is 0 Å². The molecule has 0 atom stereocenters. The van der Waals surface area contributed by atoms with E-state index in [0.717, 1.165) is 0 Å². The standard InChI is InChI=1S/C6H8F4O2/c1-2-3-12-5(11)6(9,10)4(7)8/h4H,2-3H2,1H3. The van der Waals surface area contributed by atoms with E-state index in [2.05, 4.69) is 4.74 Å². The number of ether oxygens (including phenoxy) is 1. The molecule has 0 bridgehead atoms. The average Bonchev–Trinajstić information content (AvgIpc) is 1.99. The maximum atomic E-state index is 12.0. The van der Waals surface area contributed by atoms with Gasteiger partial charge in [0.15, 0.2) is 0 Å². The summed E-state index contributed by atoms with van der Waals surface area (Å²) in [5, 5.41) is 0. The summed E-state index contributed by atoms with van der Waals surface area (Å²) in [5.74, 6) is -6.85. The lowest BCUT2D eigenvalue weighted by Crippen LogP contribution is -2.38. The number of alkyl halides is 4. The molecule has 2 nitrogen and oxygen atoms in total. The molecule has 72 valence electrons. The minimum atomic E-state index is -4.69. The Hall–Kier alpha value is -0.810. The van der Waals surface area contributed by atoms with Crippen molar-refractivity contribution in [3.8, 4) is 0 Å². The molecule has 0 aliphatic heterocycles. The largest absolute Gasteiger partial charge is 0.461 e. The lowest BCUT2D eigenvalue weighted by atomic mass is 10.3. The molecule has 0 N–H and O–H groups in total. The molecule has 0 rings (SSSR count). The van der Waals surface area contributed by atoms with Crippen molar-refractivity contribution in [3.63, 3.8) is 0 Å². The molecule has 0 amide bonds. The highest BCUT2D eigenvalue weighted by Crippen LogP contribution is 2.24. The Morgan fingerprint density at radius 3 is 2.33 bits per heavy atom. The van der Waals surface area contributed by atoms with Gasteiger partial charge in [-0.05, 0) is 6.42 Å². The van der Waals surface area contributed by atoms with Gasteiger partial charge in [-0.25, -0.2) is 13.6 Å². The molecule has 0 aromatic carbocycles. The molecule has 0 heterocycles. The first kappa shape index (κ1) is 11.2. The predicted molar refractivity (Wildman–Crippen MR) is 32.2 cm³/mol. The summed E-state index contributed by atoms with van der Waals surface area (Å²) >= 11 is 0. The number of halogens is 4. The van der Waals surface area contributed by atoms with Crippen LogP contribution in [0.1, 0.15) is 13.3 Å². The van der Waals surface area contributed by atoms with Crippen LogP contribution in [0.4, 0.5) is 17.6 Å². The molecule has 0 saturated carbocycles. The van der Waals surface area contributed by atoms with Gasteiger partial charge in [0.1, 0.15) is 0 Å². The number of carbonyl (C=O) groups excluding carboxylic acids is 1. The van der Waals surface area contributed by atoms with Crippen LogP contribution in [0.2, 0.25) is 0 Å². The van der Waals surface area contributed by atoms with Gasteiger partial charge < -0.3 is 4.74 Å². The van der Waals surface area contributed by atoms with Crippen LogP contribution in [0.3, 0.4) is 0 Å². The Kier molecular flexibility index (Phi) is 3.99. The highest BCUT2D eigenvalue weighted by atomic mass is 19.3. The van der Waals surface area contributed by atoms with Crippen molar-refractivity contribution in [2.24, 2.45) is 0 Å². The van der Waals surface area contributed by atoms with Crippen molar-refractivity contribution in [2.75, 3.05) is 6.61 Å². The highest BCUT2D eigenvalue weighted by molar-refractivity contribution is 5.78. The topological polar surface area (TPSA) is 26.3 Å². The van der Waals surface area contributed by atoms with E-state index in [1.165, 1.54) is 0 Å². The Balaban J connectivity index is 4.07. The zero-order valence-corrected chi connectivity index (χ0v) is 6.32. The summed E-state index contributed by atoms with van der Waals surface area (Å²) in [5.41, 5.74) is 0. The second-order valence-electron chi connectivity index (χ2n) is 2.06. The number of rotatable bonds is 4. The molecule has 0 aromatic heterocycles. The van der Waals surface area contributed by atoms with Gasteiger partial charge in [0.25, 0.3) is 0 Å². The third kappa shape index (κ3) is 2.67. The zero-order chi connectivity index (χ0) is 9.78. The fraction of sp³-hybridized carbons (Fsp3) is 0.833. The summed E-state index contributed by atoms with van der Waals surface area (Å²) in [4.78, 5) is 10.2. The van der Waals surface area contributed by atoms with E-state index in [0.29, 0.717) is 6.42 Å². The van der Waals surface area contributed by atoms with E-state index < -0.39 is 18.3 Å². The van der Waals surface area contributed by atoms with Gasteiger partial charge in [-0.15, -0.1) is 0 Å². The second-order valence-corrected chi connectivity index (χ2v) is 2.06. The maximum Gasteiger partial charge on any atom is 0.401 e. The summed E-state index contributed by atoms with van der Waals surface area (Å²) in [6.07, 6.45) is -3.70. The Bertz CT molecular complexity index is 158. The number of carbonyl (C=O) groups is 1. The second kappa shape index (κ2) is 4.27. The number of esters is 1. The van der Waals surface area contributed by atoms with Crippen molar-refractivity contribution >= 4 is 5.97 Å². The molecule has 12 heavy (non-hydrogen) atoms. The molecular formula is C6H8F4O2. The van der Waals surface area contributed by atoms with E-state index in [9.17, 15) is 22.4 Å². The molecule has 0 radical (unpaired) electrons. The Morgan fingerprint density at radius 1 is 1.50 bits per heavy atom. The van der Waals surface area contributed by atoms with Crippen LogP contribution in [0, 0.1) is 0 Å². The SMILES string of the molecule is CCCOC(=O)C(F)(F)C(F)F. The van der Waals surface area contributed by atoms with E-state index in [4.69, 9.17) is 0 Å². The van der Waals surface area contributed by atoms with Gasteiger partial charge in [0.05, 0.1) is 6.61 Å². The summed E-state index contributed by atoms with van der Waals surface area (Å²) in [7, 11) is 0. The maximum absolute atomic E-state index is 12.0. The van der Waals surface area contributed by atoms with Gasteiger partial charge in [-0.2, -0.15) is 8.78 Å². The molecule has 0 aliphatic rings. The van der Waals surface area contributed by atoms with E-state index in [1.54, 1.807) is 6.92 Å². The normalized spacial score (nSPS) is 11.8. The number of hydrogen-bond acceptors (Lipinski definition) is 2. The fourth-order valence-corrected chi connectivity index (χ4v) is 0.380. The molecule has 0 spiro atoms. The van der Waals surface area contributed by atoms with Crippen LogP contribution in [-0.2, 0) is 9.53 Å². The Morgan fingerprint density at radius 2 is 2.00 bits per heavy atom. The minimum absolute atomic E-state index is 0.277. The van der Waals surface area contributed by atoms with Gasteiger partial charge in [0.2, 0.25) is 0 Å². The number of hydrogen-bond donors (Lipinski definition) is 0. The van der Waals surface area contributed by atoms with Crippen LogP contribution >= 0.6 is 0 Å². The third-order valence-corrected chi connectivity index (χ3v) is 0.984. The van der Waals surface area contributed by atoms with Gasteiger partial charge in [-0.1, -0.05) is 6.92 Å². The lowest BCUT2D eigenvalue weighted by molar-refractivity contribution is -0.194. The first-order valence-electron chi connectivity index (χ1n) is 3.26. The highest BCUT2D eigenvalue weighted by Gasteiger charge is 2.50. The molecular weight excluding hydrogens is 180 g/mol. The molecule has 0 aliphatic carbocycles. The van der Waals surface area contributed by atoms with Crippen molar-refractivity contribution in [2.45, 2.75) is 25.7 Å².